The van der Waals surface area contributed by atoms with Crippen LogP contribution in [0.3, 0.4) is 0 Å². The molecule has 0 unspecified atom stereocenters. The van der Waals surface area contributed by atoms with Crippen LogP contribution >= 0.6 is 0 Å². The van der Waals surface area contributed by atoms with E-state index >= 15 is 0 Å². The summed E-state index contributed by atoms with van der Waals surface area (Å²) >= 11 is 0. The number of benzene rings is 1. The van der Waals surface area contributed by atoms with Crippen LogP contribution in [0.1, 0.15) is 43.1 Å². The van der Waals surface area contributed by atoms with Gasteiger partial charge in [-0.1, -0.05) is 43.7 Å². The summed E-state index contributed by atoms with van der Waals surface area (Å²) in [5.74, 6) is 0.679. The molecule has 4 rings (SSSR count). The highest BCUT2D eigenvalue weighted by Crippen LogP contribution is 2.32. The fraction of sp³-hybridized carbons (Fsp3) is 0.500. The smallest absolute Gasteiger partial charge is 0.272 e. The van der Waals surface area contributed by atoms with E-state index in [1.807, 2.05) is 35.2 Å². The first-order chi connectivity index (χ1) is 14.2. The number of nitrogens with zero attached hydrogens (tertiary/aromatic N) is 3. The predicted molar refractivity (Wildman–Crippen MR) is 111 cm³/mol. The van der Waals surface area contributed by atoms with Crippen LogP contribution in [0.5, 0.6) is 0 Å². The minimum atomic E-state index is -0.496. The average molecular weight is 396 g/mol. The first-order valence-corrected chi connectivity index (χ1v) is 10.4. The van der Waals surface area contributed by atoms with Gasteiger partial charge in [0.15, 0.2) is 11.6 Å². The van der Waals surface area contributed by atoms with Crippen molar-refractivity contribution >= 4 is 11.7 Å². The second-order valence-corrected chi connectivity index (χ2v) is 7.51. The Balaban J connectivity index is 1.54. The van der Waals surface area contributed by atoms with Gasteiger partial charge in [0.25, 0.3) is 5.91 Å². The lowest BCUT2D eigenvalue weighted by atomic mass is 10.0. The van der Waals surface area contributed by atoms with Crippen molar-refractivity contribution in [2.45, 2.75) is 38.4 Å². The number of hydrogen-bond acceptors (Lipinski definition) is 6. The molecule has 1 N–H and O–H groups in total. The Hall–Kier alpha value is -2.51. The largest absolute Gasteiger partial charge is 0.370 e. The summed E-state index contributed by atoms with van der Waals surface area (Å²) in [4.78, 5) is 24.3. The van der Waals surface area contributed by atoms with E-state index in [0.717, 1.165) is 24.9 Å². The number of unbranched alkanes of at least 4 members (excludes halogenated alkanes) is 1. The molecule has 2 aliphatic rings. The number of likely N-dealkylation sites (tertiary alicyclic amines) is 1. The van der Waals surface area contributed by atoms with Crippen LogP contribution in [0.2, 0.25) is 0 Å². The van der Waals surface area contributed by atoms with Crippen LogP contribution in [0.4, 0.5) is 5.82 Å². The molecule has 1 spiro atoms. The minimum absolute atomic E-state index is 0.0732. The van der Waals surface area contributed by atoms with Gasteiger partial charge in [-0.15, -0.1) is 0 Å². The normalized spacial score (nSPS) is 18.2. The third-order valence-corrected chi connectivity index (χ3v) is 5.44. The van der Waals surface area contributed by atoms with Crippen LogP contribution in [0.25, 0.3) is 11.4 Å². The fourth-order valence-electron chi connectivity index (χ4n) is 3.76. The summed E-state index contributed by atoms with van der Waals surface area (Å²) in [6.45, 7) is 5.42. The Kier molecular flexibility index (Phi) is 6.06. The van der Waals surface area contributed by atoms with E-state index in [0.29, 0.717) is 56.5 Å². The highest BCUT2D eigenvalue weighted by atomic mass is 16.7. The summed E-state index contributed by atoms with van der Waals surface area (Å²) in [7, 11) is 0. The Bertz CT molecular complexity index is 827. The number of rotatable bonds is 6. The molecule has 3 heterocycles. The third kappa shape index (κ3) is 4.57. The molecule has 2 fully saturated rings. The zero-order chi connectivity index (χ0) is 20.1. The maximum absolute atomic E-state index is 13.2. The molecule has 0 radical (unpaired) electrons. The molecule has 1 aromatic carbocycles. The number of piperidine rings is 1. The van der Waals surface area contributed by atoms with Crippen LogP contribution in [-0.4, -0.2) is 59.4 Å². The predicted octanol–water partition coefficient (Wildman–Crippen LogP) is 3.33. The van der Waals surface area contributed by atoms with Crippen LogP contribution in [0, 0.1) is 0 Å². The highest BCUT2D eigenvalue weighted by molar-refractivity contribution is 5.93. The van der Waals surface area contributed by atoms with Gasteiger partial charge in [0.2, 0.25) is 0 Å². The lowest BCUT2D eigenvalue weighted by molar-refractivity contribution is -0.181. The molecule has 1 amide bonds. The zero-order valence-electron chi connectivity index (χ0n) is 16.9. The summed E-state index contributed by atoms with van der Waals surface area (Å²) < 4.78 is 11.5. The Morgan fingerprint density at radius 2 is 1.86 bits per heavy atom. The summed E-state index contributed by atoms with van der Waals surface area (Å²) in [5, 5.41) is 3.33. The summed E-state index contributed by atoms with van der Waals surface area (Å²) in [6, 6.07) is 11.5. The second kappa shape index (κ2) is 8.88. The molecule has 7 heteroatoms. The average Bonchev–Trinajstić information content (AvgIpc) is 3.22. The SMILES string of the molecule is CCCCNc1cc(C(=O)N2CCC3(CC2)OCCO3)nc(-c2ccccc2)n1. The standard InChI is InChI=1S/C22H28N4O3/c1-2-3-11-23-19-16-18(24-20(25-19)17-7-5-4-6-8-17)21(27)26-12-9-22(10-13-26)28-14-15-29-22/h4-8,16H,2-3,9-15H2,1H3,(H,23,24,25). The van der Waals surface area contributed by atoms with Crippen LogP contribution in [0.15, 0.2) is 36.4 Å². The first-order valence-electron chi connectivity index (χ1n) is 10.4. The van der Waals surface area contributed by atoms with Crippen molar-refractivity contribution in [2.75, 3.05) is 38.2 Å². The van der Waals surface area contributed by atoms with E-state index in [9.17, 15) is 4.79 Å². The van der Waals surface area contributed by atoms with E-state index in [4.69, 9.17) is 9.47 Å². The summed E-state index contributed by atoms with van der Waals surface area (Å²) in [6.07, 6.45) is 3.52. The van der Waals surface area contributed by atoms with E-state index in [2.05, 4.69) is 22.2 Å². The maximum atomic E-state index is 13.2. The number of anilines is 1. The first kappa shape index (κ1) is 19.8. The second-order valence-electron chi connectivity index (χ2n) is 7.51. The third-order valence-electron chi connectivity index (χ3n) is 5.44. The molecule has 2 aromatic rings. The van der Waals surface area contributed by atoms with Crippen molar-refractivity contribution in [1.82, 2.24) is 14.9 Å². The van der Waals surface area contributed by atoms with Crippen LogP contribution < -0.4 is 5.32 Å². The molecule has 0 atom stereocenters. The molecule has 1 aromatic heterocycles. The van der Waals surface area contributed by atoms with Gasteiger partial charge in [-0.2, -0.15) is 0 Å². The molecule has 29 heavy (non-hydrogen) atoms. The number of carbonyl (C=O) groups is 1. The molecule has 7 nitrogen and oxygen atoms in total. The number of ether oxygens (including phenoxy) is 2. The van der Waals surface area contributed by atoms with Crippen molar-refractivity contribution in [1.29, 1.82) is 0 Å². The van der Waals surface area contributed by atoms with Crippen molar-refractivity contribution in [2.24, 2.45) is 0 Å². The molecule has 0 bridgehead atoms. The Morgan fingerprint density at radius 3 is 2.55 bits per heavy atom. The molecular formula is C22H28N4O3. The number of aromatic nitrogens is 2. The molecule has 0 aliphatic carbocycles. The lowest BCUT2D eigenvalue weighted by Crippen LogP contribution is -2.47. The Morgan fingerprint density at radius 1 is 1.14 bits per heavy atom. The van der Waals surface area contributed by atoms with Gasteiger partial charge in [-0.25, -0.2) is 9.97 Å². The quantitative estimate of drug-likeness (QED) is 0.755. The van der Waals surface area contributed by atoms with Gasteiger partial charge < -0.3 is 19.7 Å². The molecule has 2 saturated heterocycles. The fourth-order valence-corrected chi connectivity index (χ4v) is 3.76. The molecular weight excluding hydrogens is 368 g/mol. The minimum Gasteiger partial charge on any atom is -0.370 e. The number of amides is 1. The van der Waals surface area contributed by atoms with Gasteiger partial charge in [-0.05, 0) is 6.42 Å². The van der Waals surface area contributed by atoms with Gasteiger partial charge in [0.05, 0.1) is 13.2 Å². The van der Waals surface area contributed by atoms with Gasteiger partial charge in [0, 0.05) is 44.1 Å². The van der Waals surface area contributed by atoms with Crippen molar-refractivity contribution in [3.05, 3.63) is 42.1 Å². The monoisotopic (exact) mass is 396 g/mol. The lowest BCUT2D eigenvalue weighted by Gasteiger charge is -2.37. The van der Waals surface area contributed by atoms with E-state index in [1.54, 1.807) is 6.07 Å². The summed E-state index contributed by atoms with van der Waals surface area (Å²) in [5.41, 5.74) is 1.31. The molecule has 2 aliphatic heterocycles. The van der Waals surface area contributed by atoms with E-state index in [-0.39, 0.29) is 5.91 Å². The topological polar surface area (TPSA) is 76.6 Å². The van der Waals surface area contributed by atoms with Crippen molar-refractivity contribution < 1.29 is 14.3 Å². The number of carbonyl (C=O) groups excluding carboxylic acids is 1. The van der Waals surface area contributed by atoms with Gasteiger partial charge in [-0.3, -0.25) is 4.79 Å². The van der Waals surface area contributed by atoms with Crippen molar-refractivity contribution in [3.8, 4) is 11.4 Å². The highest BCUT2D eigenvalue weighted by Gasteiger charge is 2.41. The Labute approximate surface area is 171 Å². The zero-order valence-corrected chi connectivity index (χ0v) is 16.9. The van der Waals surface area contributed by atoms with Gasteiger partial charge >= 0.3 is 0 Å². The van der Waals surface area contributed by atoms with Gasteiger partial charge in [0.1, 0.15) is 11.5 Å². The van der Waals surface area contributed by atoms with E-state index < -0.39 is 5.79 Å². The number of hydrogen-bond donors (Lipinski definition) is 1. The molecule has 154 valence electrons. The number of nitrogens with one attached hydrogen (secondary N) is 1. The molecule has 0 saturated carbocycles. The maximum Gasteiger partial charge on any atom is 0.272 e. The van der Waals surface area contributed by atoms with Crippen molar-refractivity contribution in [3.63, 3.8) is 0 Å². The van der Waals surface area contributed by atoms with E-state index in [1.165, 1.54) is 0 Å². The van der Waals surface area contributed by atoms with Crippen LogP contribution in [-0.2, 0) is 9.47 Å².